The number of allylic oxidation sites excluding steroid dienone is 2. The summed E-state index contributed by atoms with van der Waals surface area (Å²) in [6, 6.07) is 14.1. The zero-order valence-electron chi connectivity index (χ0n) is 23.4. The lowest BCUT2D eigenvalue weighted by molar-refractivity contribution is -0.142. The molecule has 0 atom stereocenters. The lowest BCUT2D eigenvalue weighted by Crippen LogP contribution is -2.26. The Morgan fingerprint density at radius 3 is 2.10 bits per heavy atom. The van der Waals surface area contributed by atoms with E-state index in [0.717, 1.165) is 40.2 Å². The highest BCUT2D eigenvalue weighted by molar-refractivity contribution is 6.22. The second kappa shape index (κ2) is 14.8. The fraction of sp³-hybridized carbons (Fsp3) is 0.484. The molecule has 0 aliphatic heterocycles. The average molecular weight is 541 g/mol. The minimum atomic E-state index is -0.997. The first-order valence-corrected chi connectivity index (χ1v) is 13.4. The van der Waals surface area contributed by atoms with Crippen LogP contribution in [0.25, 0.3) is 16.7 Å². The summed E-state index contributed by atoms with van der Waals surface area (Å²) in [5, 5.41) is 8.48. The molecule has 8 heteroatoms. The van der Waals surface area contributed by atoms with Gasteiger partial charge in [0.05, 0.1) is 45.2 Å². The zero-order valence-corrected chi connectivity index (χ0v) is 23.4. The molecule has 0 aromatic heterocycles. The number of ketones is 1. The van der Waals surface area contributed by atoms with Crippen LogP contribution >= 0.6 is 0 Å². The van der Waals surface area contributed by atoms with E-state index in [1.54, 1.807) is 0 Å². The number of hydrogen-bond acceptors (Lipinski definition) is 7. The Labute approximate surface area is 230 Å². The predicted octanol–water partition coefficient (Wildman–Crippen LogP) is 5.31. The summed E-state index contributed by atoms with van der Waals surface area (Å²) >= 11 is 0. The fourth-order valence-corrected chi connectivity index (χ4v) is 4.49. The van der Waals surface area contributed by atoms with E-state index < -0.39 is 5.97 Å². The number of aryl methyl sites for hydroxylation is 1. The second-order valence-electron chi connectivity index (χ2n) is 10.2. The van der Waals surface area contributed by atoms with Crippen LogP contribution in [-0.4, -0.2) is 69.7 Å². The van der Waals surface area contributed by atoms with Gasteiger partial charge in [0, 0.05) is 12.8 Å². The SMILES string of the molecule is CCOC1=C(c2cc(-c3ccc(OCCOCCOCCOCC(=O)O)cc3)ccc2C)C(=O)CC(C)(C)C1. The Kier molecular flexibility index (Phi) is 11.5. The molecule has 0 fully saturated rings. The van der Waals surface area contributed by atoms with Gasteiger partial charge in [-0.15, -0.1) is 0 Å². The van der Waals surface area contributed by atoms with Crippen LogP contribution in [0.5, 0.6) is 5.75 Å². The number of carboxylic acid groups (broad SMARTS) is 1. The number of ether oxygens (including phenoxy) is 5. The molecule has 0 amide bonds. The van der Waals surface area contributed by atoms with Gasteiger partial charge in [-0.05, 0) is 59.7 Å². The molecule has 0 saturated carbocycles. The lowest BCUT2D eigenvalue weighted by atomic mass is 9.74. The molecule has 3 rings (SSSR count). The van der Waals surface area contributed by atoms with Crippen molar-refractivity contribution in [2.45, 2.75) is 40.5 Å². The Morgan fingerprint density at radius 2 is 1.46 bits per heavy atom. The fourth-order valence-electron chi connectivity index (χ4n) is 4.49. The zero-order chi connectivity index (χ0) is 28.3. The maximum atomic E-state index is 13.2. The average Bonchev–Trinajstić information content (AvgIpc) is 2.88. The number of carbonyl (C=O) groups is 2. The van der Waals surface area contributed by atoms with Crippen LogP contribution in [0.15, 0.2) is 48.2 Å². The van der Waals surface area contributed by atoms with Crippen molar-refractivity contribution in [3.63, 3.8) is 0 Å². The Balaban J connectivity index is 1.52. The minimum absolute atomic E-state index is 0.106. The summed E-state index contributed by atoms with van der Waals surface area (Å²) in [7, 11) is 0. The summed E-state index contributed by atoms with van der Waals surface area (Å²) in [6.45, 7) is 10.6. The summed E-state index contributed by atoms with van der Waals surface area (Å²) in [5.41, 5.74) is 4.66. The second-order valence-corrected chi connectivity index (χ2v) is 10.2. The van der Waals surface area contributed by atoms with Gasteiger partial charge >= 0.3 is 5.97 Å². The molecule has 2 aromatic carbocycles. The van der Waals surface area contributed by atoms with Gasteiger partial charge in [0.1, 0.15) is 24.7 Å². The number of hydrogen-bond donors (Lipinski definition) is 1. The molecule has 0 saturated heterocycles. The van der Waals surface area contributed by atoms with E-state index in [1.807, 2.05) is 38.1 Å². The maximum absolute atomic E-state index is 13.2. The quantitative estimate of drug-likeness (QED) is 0.286. The third-order valence-electron chi connectivity index (χ3n) is 6.31. The molecule has 0 heterocycles. The molecule has 39 heavy (non-hydrogen) atoms. The molecule has 0 unspecified atom stereocenters. The van der Waals surface area contributed by atoms with Crippen molar-refractivity contribution in [2.24, 2.45) is 5.41 Å². The van der Waals surface area contributed by atoms with Crippen LogP contribution in [-0.2, 0) is 28.5 Å². The number of benzene rings is 2. The molecule has 212 valence electrons. The van der Waals surface area contributed by atoms with Crippen molar-refractivity contribution in [1.82, 2.24) is 0 Å². The molecule has 0 spiro atoms. The topological polar surface area (TPSA) is 101 Å². The van der Waals surface area contributed by atoms with Crippen molar-refractivity contribution >= 4 is 17.3 Å². The monoisotopic (exact) mass is 540 g/mol. The van der Waals surface area contributed by atoms with Gasteiger partial charge < -0.3 is 28.8 Å². The predicted molar refractivity (Wildman–Crippen MR) is 149 cm³/mol. The van der Waals surface area contributed by atoms with Crippen molar-refractivity contribution in [2.75, 3.05) is 52.9 Å². The van der Waals surface area contributed by atoms with Crippen molar-refractivity contribution in [3.8, 4) is 16.9 Å². The van der Waals surface area contributed by atoms with Crippen molar-refractivity contribution in [1.29, 1.82) is 0 Å². The smallest absolute Gasteiger partial charge is 0.329 e. The first kappa shape index (κ1) is 30.3. The van der Waals surface area contributed by atoms with Gasteiger partial charge in [0.25, 0.3) is 0 Å². The largest absolute Gasteiger partial charge is 0.497 e. The third-order valence-corrected chi connectivity index (χ3v) is 6.31. The van der Waals surface area contributed by atoms with Gasteiger partial charge in [-0.25, -0.2) is 4.79 Å². The van der Waals surface area contributed by atoms with Gasteiger partial charge in [-0.2, -0.15) is 0 Å². The molecule has 0 radical (unpaired) electrons. The number of carboxylic acids is 1. The third kappa shape index (κ3) is 9.49. The van der Waals surface area contributed by atoms with Crippen LogP contribution in [0.4, 0.5) is 0 Å². The first-order valence-electron chi connectivity index (χ1n) is 13.4. The van der Waals surface area contributed by atoms with Crippen LogP contribution in [0, 0.1) is 12.3 Å². The molecule has 1 aliphatic carbocycles. The highest BCUT2D eigenvalue weighted by atomic mass is 16.6. The van der Waals surface area contributed by atoms with E-state index in [0.29, 0.717) is 51.6 Å². The number of aliphatic carboxylic acids is 1. The van der Waals surface area contributed by atoms with Crippen molar-refractivity contribution in [3.05, 3.63) is 59.4 Å². The minimum Gasteiger partial charge on any atom is -0.497 e. The molecule has 1 aliphatic rings. The maximum Gasteiger partial charge on any atom is 0.329 e. The Hall–Kier alpha value is -3.20. The molecular formula is C31H40O8. The number of carbonyl (C=O) groups excluding carboxylic acids is 1. The Morgan fingerprint density at radius 1 is 0.846 bits per heavy atom. The van der Waals surface area contributed by atoms with Crippen molar-refractivity contribution < 1.29 is 38.4 Å². The molecule has 1 N–H and O–H groups in total. The van der Waals surface area contributed by atoms with Crippen LogP contribution in [0.1, 0.15) is 44.7 Å². The lowest BCUT2D eigenvalue weighted by Gasteiger charge is -2.32. The highest BCUT2D eigenvalue weighted by Crippen LogP contribution is 2.42. The van der Waals surface area contributed by atoms with Crippen LogP contribution in [0.3, 0.4) is 0 Å². The standard InChI is InChI=1S/C31H40O8/c1-5-38-28-20-31(3,4)19-27(32)30(28)26-18-24(7-6-22(26)2)23-8-10-25(11-9-23)39-17-16-36-13-12-35-14-15-37-21-29(33)34/h6-11,18H,5,12-17,19-21H2,1-4H3,(H,33,34). The van der Waals surface area contributed by atoms with Gasteiger partial charge in [-0.1, -0.05) is 38.1 Å². The molecule has 8 nitrogen and oxygen atoms in total. The summed E-state index contributed by atoms with van der Waals surface area (Å²) < 4.78 is 27.4. The number of Topliss-reactive ketones (excluding diaryl/α,β-unsaturated/α-hetero) is 1. The summed E-state index contributed by atoms with van der Waals surface area (Å²) in [4.78, 5) is 23.5. The van der Waals surface area contributed by atoms with Gasteiger partial charge in [0.2, 0.25) is 0 Å². The van der Waals surface area contributed by atoms with E-state index in [1.165, 1.54) is 0 Å². The summed E-state index contributed by atoms with van der Waals surface area (Å²) in [6.07, 6.45) is 1.26. The first-order chi connectivity index (χ1) is 18.7. The molecular weight excluding hydrogens is 500 g/mol. The molecule has 2 aromatic rings. The van der Waals surface area contributed by atoms with E-state index in [4.69, 9.17) is 28.8 Å². The van der Waals surface area contributed by atoms with Crippen LogP contribution in [0.2, 0.25) is 0 Å². The number of rotatable bonds is 16. The Bertz CT molecular complexity index is 1130. The highest BCUT2D eigenvalue weighted by Gasteiger charge is 2.35. The van der Waals surface area contributed by atoms with E-state index in [-0.39, 0.29) is 24.4 Å². The van der Waals surface area contributed by atoms with Gasteiger partial charge in [-0.3, -0.25) is 4.79 Å². The molecule has 0 bridgehead atoms. The van der Waals surface area contributed by atoms with E-state index in [9.17, 15) is 9.59 Å². The van der Waals surface area contributed by atoms with E-state index >= 15 is 0 Å². The van der Waals surface area contributed by atoms with Gasteiger partial charge in [0.15, 0.2) is 5.78 Å². The van der Waals surface area contributed by atoms with E-state index in [2.05, 4.69) is 32.0 Å². The summed E-state index contributed by atoms with van der Waals surface area (Å²) in [5.74, 6) is 0.675. The normalized spacial score (nSPS) is 14.9. The van der Waals surface area contributed by atoms with Crippen LogP contribution < -0.4 is 4.74 Å².